The molecule has 102 valence electrons. The van der Waals surface area contributed by atoms with Crippen molar-refractivity contribution in [2.45, 2.75) is 38.5 Å². The molecule has 0 aliphatic heterocycles. The average molecular weight is 328 g/mol. The second-order valence-electron chi connectivity index (χ2n) is 5.04. The standard InChI is InChI=1S/C13H17Cl3OS/c1-4-5-13(2,3)7-18-9-6-8(14)12(17)11(16)10(9)15/h6,17H,4-5,7H2,1-3H3. The molecule has 0 aliphatic rings. The molecule has 1 N–H and O–H groups in total. The van der Waals surface area contributed by atoms with Gasteiger partial charge in [0.2, 0.25) is 0 Å². The van der Waals surface area contributed by atoms with Crippen molar-refractivity contribution in [3.05, 3.63) is 21.1 Å². The Kier molecular flexibility index (Phi) is 5.98. The Balaban J connectivity index is 2.86. The maximum absolute atomic E-state index is 9.57. The first kappa shape index (κ1) is 16.3. The van der Waals surface area contributed by atoms with Gasteiger partial charge in [-0.25, -0.2) is 0 Å². The number of phenolic OH excluding ortho intramolecular Hbond substituents is 1. The number of halogens is 3. The van der Waals surface area contributed by atoms with Gasteiger partial charge in [0, 0.05) is 10.6 Å². The van der Waals surface area contributed by atoms with Gasteiger partial charge in [-0.15, -0.1) is 11.8 Å². The van der Waals surface area contributed by atoms with Crippen molar-refractivity contribution >= 4 is 46.6 Å². The molecule has 1 aromatic rings. The fraction of sp³-hybridized carbons (Fsp3) is 0.538. The number of rotatable bonds is 5. The molecule has 0 amide bonds. The maximum Gasteiger partial charge on any atom is 0.154 e. The molecule has 0 bridgehead atoms. The Hall–Kier alpha value is 0.240. The molecule has 1 rings (SSSR count). The molecule has 0 heterocycles. The van der Waals surface area contributed by atoms with Crippen LogP contribution in [0.15, 0.2) is 11.0 Å². The van der Waals surface area contributed by atoms with Crippen LogP contribution < -0.4 is 0 Å². The van der Waals surface area contributed by atoms with E-state index in [1.165, 1.54) is 0 Å². The molecule has 0 aliphatic carbocycles. The van der Waals surface area contributed by atoms with Crippen LogP contribution in [0.3, 0.4) is 0 Å². The zero-order chi connectivity index (χ0) is 13.9. The van der Waals surface area contributed by atoms with Crippen molar-refractivity contribution in [1.82, 2.24) is 0 Å². The van der Waals surface area contributed by atoms with Gasteiger partial charge in [0.25, 0.3) is 0 Å². The first-order chi connectivity index (χ1) is 8.28. The summed E-state index contributed by atoms with van der Waals surface area (Å²) in [6.45, 7) is 6.62. The number of aromatic hydroxyl groups is 1. The fourth-order valence-electron chi connectivity index (χ4n) is 1.69. The zero-order valence-electron chi connectivity index (χ0n) is 10.7. The van der Waals surface area contributed by atoms with E-state index in [-0.39, 0.29) is 21.2 Å². The van der Waals surface area contributed by atoms with Crippen LogP contribution >= 0.6 is 46.6 Å². The normalized spacial score (nSPS) is 11.9. The molecule has 0 saturated carbocycles. The summed E-state index contributed by atoms with van der Waals surface area (Å²) in [6, 6.07) is 1.66. The van der Waals surface area contributed by atoms with E-state index in [0.29, 0.717) is 5.02 Å². The molecule has 5 heteroatoms. The summed E-state index contributed by atoms with van der Waals surface area (Å²) in [7, 11) is 0. The minimum absolute atomic E-state index is 0.125. The summed E-state index contributed by atoms with van der Waals surface area (Å²) in [6.07, 6.45) is 2.30. The van der Waals surface area contributed by atoms with E-state index in [1.54, 1.807) is 17.8 Å². The van der Waals surface area contributed by atoms with E-state index in [1.807, 2.05) is 0 Å². The molecule has 1 aromatic carbocycles. The highest BCUT2D eigenvalue weighted by Gasteiger charge is 2.20. The van der Waals surface area contributed by atoms with Crippen LogP contribution in [0, 0.1) is 5.41 Å². The van der Waals surface area contributed by atoms with Crippen molar-refractivity contribution in [2.24, 2.45) is 5.41 Å². The molecule has 18 heavy (non-hydrogen) atoms. The summed E-state index contributed by atoms with van der Waals surface area (Å²) >= 11 is 19.5. The minimum Gasteiger partial charge on any atom is -0.505 e. The van der Waals surface area contributed by atoms with Crippen LogP contribution in [-0.2, 0) is 0 Å². The molecular weight excluding hydrogens is 311 g/mol. The molecule has 0 atom stereocenters. The Morgan fingerprint density at radius 3 is 2.39 bits per heavy atom. The maximum atomic E-state index is 9.57. The van der Waals surface area contributed by atoms with Crippen LogP contribution in [0.4, 0.5) is 0 Å². The lowest BCUT2D eigenvalue weighted by molar-refractivity contribution is 0.382. The predicted octanol–water partition coefficient (Wildman–Crippen LogP) is 6.27. The van der Waals surface area contributed by atoms with E-state index in [0.717, 1.165) is 23.5 Å². The molecule has 0 unspecified atom stereocenters. The topological polar surface area (TPSA) is 20.2 Å². The molecule has 0 aromatic heterocycles. The molecule has 1 nitrogen and oxygen atoms in total. The number of phenols is 1. The lowest BCUT2D eigenvalue weighted by atomic mass is 9.91. The average Bonchev–Trinajstić information content (AvgIpc) is 2.29. The predicted molar refractivity (Wildman–Crippen MR) is 82.5 cm³/mol. The summed E-state index contributed by atoms with van der Waals surface area (Å²) < 4.78 is 0. The lowest BCUT2D eigenvalue weighted by Gasteiger charge is -2.23. The summed E-state index contributed by atoms with van der Waals surface area (Å²) in [4.78, 5) is 0.814. The third kappa shape index (κ3) is 4.12. The molecule has 0 saturated heterocycles. The van der Waals surface area contributed by atoms with E-state index in [2.05, 4.69) is 20.8 Å². The summed E-state index contributed by atoms with van der Waals surface area (Å²) in [5, 5.41) is 10.3. The Morgan fingerprint density at radius 2 is 1.83 bits per heavy atom. The van der Waals surface area contributed by atoms with E-state index in [4.69, 9.17) is 34.8 Å². The number of thioether (sulfide) groups is 1. The Bertz CT molecular complexity index is 433. The molecular formula is C13H17Cl3OS. The van der Waals surface area contributed by atoms with Crippen molar-refractivity contribution in [3.63, 3.8) is 0 Å². The molecule has 0 spiro atoms. The molecule has 0 radical (unpaired) electrons. The van der Waals surface area contributed by atoms with Gasteiger partial charge in [-0.3, -0.25) is 0 Å². The van der Waals surface area contributed by atoms with Gasteiger partial charge in [0.15, 0.2) is 5.75 Å². The second-order valence-corrected chi connectivity index (χ2v) is 7.22. The molecule has 0 fully saturated rings. The van der Waals surface area contributed by atoms with Crippen molar-refractivity contribution in [1.29, 1.82) is 0 Å². The lowest BCUT2D eigenvalue weighted by Crippen LogP contribution is -2.13. The second kappa shape index (κ2) is 6.60. The van der Waals surface area contributed by atoms with E-state index < -0.39 is 0 Å². The Labute approximate surface area is 128 Å². The highest BCUT2D eigenvalue weighted by atomic mass is 35.5. The van der Waals surface area contributed by atoms with Crippen molar-refractivity contribution in [3.8, 4) is 5.75 Å². The van der Waals surface area contributed by atoms with Crippen LogP contribution in [0.25, 0.3) is 0 Å². The van der Waals surface area contributed by atoms with Gasteiger partial charge in [0.05, 0.1) is 10.0 Å². The number of hydrogen-bond donors (Lipinski definition) is 1. The SMILES string of the molecule is CCCC(C)(C)CSc1cc(Cl)c(O)c(Cl)c1Cl. The van der Waals surface area contributed by atoms with Gasteiger partial charge < -0.3 is 5.11 Å². The zero-order valence-corrected chi connectivity index (χ0v) is 13.8. The minimum atomic E-state index is -0.152. The first-order valence-electron chi connectivity index (χ1n) is 5.77. The van der Waals surface area contributed by atoms with Crippen LogP contribution in [0.1, 0.15) is 33.6 Å². The summed E-state index contributed by atoms with van der Waals surface area (Å²) in [5.74, 6) is 0.776. The quantitative estimate of drug-likeness (QED) is 0.508. The van der Waals surface area contributed by atoms with Gasteiger partial charge in [-0.1, -0.05) is 62.0 Å². The third-order valence-corrected chi connectivity index (χ3v) is 5.46. The number of benzene rings is 1. The van der Waals surface area contributed by atoms with Gasteiger partial charge in [0.1, 0.15) is 5.02 Å². The van der Waals surface area contributed by atoms with Crippen LogP contribution in [-0.4, -0.2) is 10.9 Å². The van der Waals surface area contributed by atoms with E-state index >= 15 is 0 Å². The van der Waals surface area contributed by atoms with Crippen LogP contribution in [0.5, 0.6) is 5.75 Å². The highest BCUT2D eigenvalue weighted by Crippen LogP contribution is 2.44. The first-order valence-corrected chi connectivity index (χ1v) is 7.89. The van der Waals surface area contributed by atoms with Crippen molar-refractivity contribution in [2.75, 3.05) is 5.75 Å². The van der Waals surface area contributed by atoms with Crippen LogP contribution in [0.2, 0.25) is 15.1 Å². The smallest absolute Gasteiger partial charge is 0.154 e. The monoisotopic (exact) mass is 326 g/mol. The largest absolute Gasteiger partial charge is 0.505 e. The van der Waals surface area contributed by atoms with Gasteiger partial charge >= 0.3 is 0 Å². The van der Waals surface area contributed by atoms with Gasteiger partial charge in [-0.2, -0.15) is 0 Å². The third-order valence-electron chi connectivity index (χ3n) is 2.65. The highest BCUT2D eigenvalue weighted by molar-refractivity contribution is 7.99. The van der Waals surface area contributed by atoms with Gasteiger partial charge in [-0.05, 0) is 17.9 Å². The van der Waals surface area contributed by atoms with E-state index in [9.17, 15) is 5.11 Å². The number of hydrogen-bond acceptors (Lipinski definition) is 2. The Morgan fingerprint density at radius 1 is 1.22 bits per heavy atom. The summed E-state index contributed by atoms with van der Waals surface area (Å²) in [5.41, 5.74) is 0.236. The fourth-order valence-corrected chi connectivity index (χ4v) is 3.70. The van der Waals surface area contributed by atoms with Crippen molar-refractivity contribution < 1.29 is 5.11 Å².